The normalized spacial score (nSPS) is 22.9. The minimum atomic E-state index is -0.232. The molecule has 1 saturated heterocycles. The fourth-order valence-electron chi connectivity index (χ4n) is 1.59. The summed E-state index contributed by atoms with van der Waals surface area (Å²) in [6, 6.07) is 0.585. The quantitative estimate of drug-likeness (QED) is 0.510. The van der Waals surface area contributed by atoms with E-state index in [-0.39, 0.29) is 5.91 Å². The third kappa shape index (κ3) is 4.85. The predicted octanol–water partition coefficient (Wildman–Crippen LogP) is -0.407. The molecule has 1 atom stereocenters. The number of primary amides is 1. The molecule has 1 heterocycles. The maximum atomic E-state index is 10.4. The van der Waals surface area contributed by atoms with Gasteiger partial charge >= 0.3 is 0 Å². The zero-order valence-electron chi connectivity index (χ0n) is 8.01. The molecular weight excluding hydrogens is 166 g/mol. The molecule has 1 unspecified atom stereocenters. The second-order valence-corrected chi connectivity index (χ2v) is 3.57. The lowest BCUT2D eigenvalue weighted by molar-refractivity contribution is -0.117. The second kappa shape index (κ2) is 5.94. The molecule has 0 spiro atoms. The molecule has 0 bridgehead atoms. The Morgan fingerprint density at radius 2 is 2.38 bits per heavy atom. The summed E-state index contributed by atoms with van der Waals surface area (Å²) in [6.07, 6.45) is 4.28. The van der Waals surface area contributed by atoms with Crippen LogP contribution in [0.4, 0.5) is 0 Å². The van der Waals surface area contributed by atoms with E-state index >= 15 is 0 Å². The van der Waals surface area contributed by atoms with Crippen molar-refractivity contribution < 1.29 is 4.79 Å². The summed E-state index contributed by atoms with van der Waals surface area (Å²) in [7, 11) is 0. The Morgan fingerprint density at radius 1 is 1.54 bits per heavy atom. The minimum Gasteiger partial charge on any atom is -0.370 e. The lowest BCUT2D eigenvalue weighted by atomic mass is 10.1. The summed E-state index contributed by atoms with van der Waals surface area (Å²) >= 11 is 0. The van der Waals surface area contributed by atoms with Crippen LogP contribution in [0.3, 0.4) is 0 Å². The third-order valence-electron chi connectivity index (χ3n) is 2.35. The van der Waals surface area contributed by atoms with Gasteiger partial charge in [-0.2, -0.15) is 0 Å². The molecule has 4 nitrogen and oxygen atoms in total. The van der Waals surface area contributed by atoms with Crippen molar-refractivity contribution >= 4 is 5.91 Å². The van der Waals surface area contributed by atoms with E-state index in [2.05, 4.69) is 10.6 Å². The van der Waals surface area contributed by atoms with Gasteiger partial charge in [0.25, 0.3) is 0 Å². The fraction of sp³-hybridized carbons (Fsp3) is 0.889. The molecule has 0 saturated carbocycles. The molecule has 0 radical (unpaired) electrons. The van der Waals surface area contributed by atoms with Crippen molar-refractivity contribution in [3.63, 3.8) is 0 Å². The predicted molar refractivity (Wildman–Crippen MR) is 52.3 cm³/mol. The van der Waals surface area contributed by atoms with Gasteiger partial charge in [0.1, 0.15) is 0 Å². The number of piperidine rings is 1. The second-order valence-electron chi connectivity index (χ2n) is 3.57. The zero-order valence-corrected chi connectivity index (χ0v) is 8.01. The van der Waals surface area contributed by atoms with Gasteiger partial charge in [-0.05, 0) is 19.4 Å². The maximum Gasteiger partial charge on any atom is 0.218 e. The minimum absolute atomic E-state index is 0.232. The molecule has 4 N–H and O–H groups in total. The van der Waals surface area contributed by atoms with Crippen LogP contribution in [0.1, 0.15) is 25.7 Å². The molecule has 0 aromatic heterocycles. The topological polar surface area (TPSA) is 67.2 Å². The van der Waals surface area contributed by atoms with Crippen LogP contribution in [-0.2, 0) is 4.79 Å². The third-order valence-corrected chi connectivity index (χ3v) is 2.35. The number of nitrogens with one attached hydrogen (secondary N) is 2. The summed E-state index contributed by atoms with van der Waals surface area (Å²) < 4.78 is 0. The van der Waals surface area contributed by atoms with Crippen LogP contribution in [0.25, 0.3) is 0 Å². The monoisotopic (exact) mass is 185 g/mol. The molecule has 1 fully saturated rings. The van der Waals surface area contributed by atoms with Gasteiger partial charge in [0, 0.05) is 25.6 Å². The van der Waals surface area contributed by atoms with E-state index in [1.54, 1.807) is 0 Å². The van der Waals surface area contributed by atoms with E-state index in [1.165, 1.54) is 19.3 Å². The highest BCUT2D eigenvalue weighted by atomic mass is 16.1. The number of carbonyl (C=O) groups excluding carboxylic acids is 1. The number of hydrogen-bond donors (Lipinski definition) is 3. The Kier molecular flexibility index (Phi) is 4.78. The lowest BCUT2D eigenvalue weighted by Crippen LogP contribution is -2.42. The van der Waals surface area contributed by atoms with E-state index in [1.807, 2.05) is 0 Å². The zero-order chi connectivity index (χ0) is 9.52. The molecule has 76 valence electrons. The summed E-state index contributed by atoms with van der Waals surface area (Å²) in [6.45, 7) is 2.78. The highest BCUT2D eigenvalue weighted by Crippen LogP contribution is 2.05. The Bertz CT molecular complexity index is 155. The van der Waals surface area contributed by atoms with Crippen LogP contribution in [0, 0.1) is 0 Å². The number of carbonyl (C=O) groups is 1. The number of hydrogen-bond acceptors (Lipinski definition) is 3. The largest absolute Gasteiger partial charge is 0.370 e. The number of amides is 1. The van der Waals surface area contributed by atoms with Gasteiger partial charge in [-0.1, -0.05) is 6.42 Å². The number of rotatable bonds is 5. The molecule has 0 aromatic carbocycles. The first-order valence-electron chi connectivity index (χ1n) is 5.01. The van der Waals surface area contributed by atoms with Gasteiger partial charge in [-0.15, -0.1) is 0 Å². The molecule has 4 heteroatoms. The maximum absolute atomic E-state index is 10.4. The average molecular weight is 185 g/mol. The molecule has 1 rings (SSSR count). The molecule has 13 heavy (non-hydrogen) atoms. The smallest absolute Gasteiger partial charge is 0.218 e. The van der Waals surface area contributed by atoms with Gasteiger partial charge < -0.3 is 16.4 Å². The van der Waals surface area contributed by atoms with Gasteiger partial charge in [-0.3, -0.25) is 4.79 Å². The van der Waals surface area contributed by atoms with Crippen molar-refractivity contribution in [3.8, 4) is 0 Å². The van der Waals surface area contributed by atoms with Crippen molar-refractivity contribution in [1.82, 2.24) is 10.6 Å². The Morgan fingerprint density at radius 3 is 3.00 bits per heavy atom. The number of nitrogens with two attached hydrogens (primary N) is 1. The van der Waals surface area contributed by atoms with Crippen LogP contribution >= 0.6 is 0 Å². The van der Waals surface area contributed by atoms with Crippen molar-refractivity contribution in [2.45, 2.75) is 31.7 Å². The lowest BCUT2D eigenvalue weighted by Gasteiger charge is -2.23. The summed E-state index contributed by atoms with van der Waals surface area (Å²) in [5.74, 6) is -0.232. The first-order valence-corrected chi connectivity index (χ1v) is 5.01. The van der Waals surface area contributed by atoms with Crippen LogP contribution < -0.4 is 16.4 Å². The van der Waals surface area contributed by atoms with Gasteiger partial charge in [0.2, 0.25) is 5.91 Å². The van der Waals surface area contributed by atoms with E-state index in [0.29, 0.717) is 19.0 Å². The van der Waals surface area contributed by atoms with Crippen molar-refractivity contribution in [2.75, 3.05) is 19.6 Å². The van der Waals surface area contributed by atoms with Crippen LogP contribution in [0.2, 0.25) is 0 Å². The SMILES string of the molecule is NC(=O)CCNCC1CCCCN1. The Balaban J connectivity index is 1.95. The first-order chi connectivity index (χ1) is 6.29. The van der Waals surface area contributed by atoms with Crippen LogP contribution in [0.15, 0.2) is 0 Å². The highest BCUT2D eigenvalue weighted by Gasteiger charge is 2.11. The Labute approximate surface area is 79.3 Å². The Hall–Kier alpha value is -0.610. The van der Waals surface area contributed by atoms with Crippen molar-refractivity contribution in [3.05, 3.63) is 0 Å². The van der Waals surface area contributed by atoms with Crippen LogP contribution in [-0.4, -0.2) is 31.6 Å². The van der Waals surface area contributed by atoms with Crippen molar-refractivity contribution in [1.29, 1.82) is 0 Å². The van der Waals surface area contributed by atoms with Crippen molar-refractivity contribution in [2.24, 2.45) is 5.73 Å². The van der Waals surface area contributed by atoms with Gasteiger partial charge in [-0.25, -0.2) is 0 Å². The molecule has 0 aliphatic carbocycles. The van der Waals surface area contributed by atoms with E-state index < -0.39 is 0 Å². The highest BCUT2D eigenvalue weighted by molar-refractivity contribution is 5.73. The molecule has 1 aliphatic rings. The van der Waals surface area contributed by atoms with Gasteiger partial charge in [0.15, 0.2) is 0 Å². The molecule has 0 aromatic rings. The first kappa shape index (κ1) is 10.5. The van der Waals surface area contributed by atoms with Crippen LogP contribution in [0.5, 0.6) is 0 Å². The van der Waals surface area contributed by atoms with Gasteiger partial charge in [0.05, 0.1) is 0 Å². The van der Waals surface area contributed by atoms with E-state index in [4.69, 9.17) is 5.73 Å². The standard InChI is InChI=1S/C9H19N3O/c10-9(13)4-6-11-7-8-3-1-2-5-12-8/h8,11-12H,1-7H2,(H2,10,13). The molecular formula is C9H19N3O. The fourth-order valence-corrected chi connectivity index (χ4v) is 1.59. The summed E-state index contributed by atoms with van der Waals surface area (Å²) in [5, 5.41) is 6.65. The molecule has 1 aliphatic heterocycles. The van der Waals surface area contributed by atoms with E-state index in [9.17, 15) is 4.79 Å². The average Bonchev–Trinajstić information content (AvgIpc) is 2.14. The van der Waals surface area contributed by atoms with E-state index in [0.717, 1.165) is 13.1 Å². The molecule has 1 amide bonds. The summed E-state index contributed by atoms with van der Waals surface area (Å²) in [5.41, 5.74) is 5.02. The summed E-state index contributed by atoms with van der Waals surface area (Å²) in [4.78, 5) is 10.4.